The van der Waals surface area contributed by atoms with Gasteiger partial charge in [0.15, 0.2) is 0 Å². The molecule has 0 fully saturated rings. The second-order valence-corrected chi connectivity index (χ2v) is 7.05. The monoisotopic (exact) mass is 366 g/mol. The Kier molecular flexibility index (Phi) is 5.79. The Morgan fingerprint density at radius 3 is 2.52 bits per heavy atom. The summed E-state index contributed by atoms with van der Waals surface area (Å²) in [5.74, 6) is -0.632. The highest BCUT2D eigenvalue weighted by molar-refractivity contribution is 5.95. The molecule has 0 saturated carbocycles. The molecule has 142 valence electrons. The predicted octanol–water partition coefficient (Wildman–Crippen LogP) is 4.39. The van der Waals surface area contributed by atoms with Crippen molar-refractivity contribution in [1.29, 1.82) is 0 Å². The van der Waals surface area contributed by atoms with Gasteiger partial charge in [-0.05, 0) is 49.1 Å². The van der Waals surface area contributed by atoms with Crippen LogP contribution in [0.15, 0.2) is 48.5 Å². The maximum absolute atomic E-state index is 12.4. The summed E-state index contributed by atoms with van der Waals surface area (Å²) in [6, 6.07) is 16.3. The summed E-state index contributed by atoms with van der Waals surface area (Å²) in [6.45, 7) is 3.99. The fourth-order valence-corrected chi connectivity index (χ4v) is 3.72. The van der Waals surface area contributed by atoms with Gasteiger partial charge in [-0.3, -0.25) is 9.59 Å². The molecule has 3 rings (SSSR count). The number of hydrogen-bond donors (Lipinski definition) is 2. The van der Waals surface area contributed by atoms with E-state index in [-0.39, 0.29) is 24.4 Å². The van der Waals surface area contributed by atoms with Crippen molar-refractivity contribution in [1.82, 2.24) is 0 Å². The zero-order valence-corrected chi connectivity index (χ0v) is 15.8. The van der Waals surface area contributed by atoms with Crippen molar-refractivity contribution in [3.8, 4) is 0 Å². The lowest BCUT2D eigenvalue weighted by molar-refractivity contribution is -0.137. The number of nitrogens with zero attached hydrogens (tertiary/aromatic N) is 1. The number of anilines is 2. The smallest absolute Gasteiger partial charge is 0.303 e. The van der Waals surface area contributed by atoms with Crippen LogP contribution < -0.4 is 10.2 Å². The minimum Gasteiger partial charge on any atom is -0.481 e. The third kappa shape index (κ3) is 4.30. The molecule has 27 heavy (non-hydrogen) atoms. The number of amides is 1. The molecule has 2 aromatic carbocycles. The van der Waals surface area contributed by atoms with Gasteiger partial charge in [0.05, 0.1) is 6.04 Å². The van der Waals surface area contributed by atoms with E-state index in [0.717, 1.165) is 28.9 Å². The van der Waals surface area contributed by atoms with Crippen molar-refractivity contribution >= 4 is 23.3 Å². The first-order valence-corrected chi connectivity index (χ1v) is 9.47. The number of aryl methyl sites for hydroxylation is 1. The van der Waals surface area contributed by atoms with Gasteiger partial charge in [-0.15, -0.1) is 0 Å². The normalized spacial score (nSPS) is 18.7. The largest absolute Gasteiger partial charge is 0.481 e. The summed E-state index contributed by atoms with van der Waals surface area (Å²) >= 11 is 0. The minimum atomic E-state index is -0.781. The van der Waals surface area contributed by atoms with Gasteiger partial charge < -0.3 is 15.3 Å². The molecule has 2 atom stereocenters. The van der Waals surface area contributed by atoms with Gasteiger partial charge in [0.25, 0.3) is 0 Å². The van der Waals surface area contributed by atoms with Crippen LogP contribution >= 0.6 is 0 Å². The summed E-state index contributed by atoms with van der Waals surface area (Å²) in [4.78, 5) is 25.0. The van der Waals surface area contributed by atoms with E-state index in [1.807, 2.05) is 54.3 Å². The van der Waals surface area contributed by atoms with Crippen LogP contribution in [0.25, 0.3) is 0 Å². The Morgan fingerprint density at radius 1 is 1.15 bits per heavy atom. The first-order valence-electron chi connectivity index (χ1n) is 9.47. The Balaban J connectivity index is 1.79. The molecule has 2 N–H and O–H groups in total. The SMILES string of the molecule is CCC(=O)N1c2ccccc2[C@H](Nc2ccc(CCC(=O)O)cc2)C[C@@H]1C. The summed E-state index contributed by atoms with van der Waals surface area (Å²) in [7, 11) is 0. The highest BCUT2D eigenvalue weighted by atomic mass is 16.4. The van der Waals surface area contributed by atoms with Crippen molar-refractivity contribution in [3.63, 3.8) is 0 Å². The number of aliphatic carboxylic acids is 1. The fourth-order valence-electron chi connectivity index (χ4n) is 3.72. The third-order valence-electron chi connectivity index (χ3n) is 5.08. The van der Waals surface area contributed by atoms with Crippen molar-refractivity contribution in [2.75, 3.05) is 10.2 Å². The van der Waals surface area contributed by atoms with Gasteiger partial charge in [-0.25, -0.2) is 0 Å². The van der Waals surface area contributed by atoms with Crippen molar-refractivity contribution in [2.24, 2.45) is 0 Å². The Hall–Kier alpha value is -2.82. The number of carbonyl (C=O) groups excluding carboxylic acids is 1. The molecule has 0 aliphatic carbocycles. The van der Waals surface area contributed by atoms with Crippen molar-refractivity contribution < 1.29 is 14.7 Å². The topological polar surface area (TPSA) is 69.6 Å². The van der Waals surface area contributed by atoms with Crippen molar-refractivity contribution in [3.05, 3.63) is 59.7 Å². The Bertz CT molecular complexity index is 817. The highest BCUT2D eigenvalue weighted by Crippen LogP contribution is 2.39. The standard InChI is InChI=1S/C22H26N2O3/c1-3-21(25)24-15(2)14-19(18-6-4-5-7-20(18)24)23-17-11-8-16(9-12-17)10-13-22(26)27/h4-9,11-12,15,19,23H,3,10,13-14H2,1-2H3,(H,26,27)/t15-,19+/m0/s1. The zero-order valence-electron chi connectivity index (χ0n) is 15.8. The van der Waals surface area contributed by atoms with Gasteiger partial charge in [0, 0.05) is 30.3 Å². The highest BCUT2D eigenvalue weighted by Gasteiger charge is 2.32. The summed E-state index contributed by atoms with van der Waals surface area (Å²) < 4.78 is 0. The van der Waals surface area contributed by atoms with E-state index in [4.69, 9.17) is 5.11 Å². The van der Waals surface area contributed by atoms with E-state index >= 15 is 0 Å². The van der Waals surface area contributed by atoms with Crippen LogP contribution in [0.4, 0.5) is 11.4 Å². The van der Waals surface area contributed by atoms with E-state index in [0.29, 0.717) is 12.8 Å². The molecule has 0 unspecified atom stereocenters. The van der Waals surface area contributed by atoms with Crippen molar-refractivity contribution in [2.45, 2.75) is 51.6 Å². The van der Waals surface area contributed by atoms with Gasteiger partial charge in [-0.1, -0.05) is 37.3 Å². The molecule has 0 spiro atoms. The zero-order chi connectivity index (χ0) is 19.4. The second kappa shape index (κ2) is 8.25. The van der Waals surface area contributed by atoms with Crippen LogP contribution in [0, 0.1) is 0 Å². The lowest BCUT2D eigenvalue weighted by Crippen LogP contribution is -2.44. The number of para-hydroxylation sites is 1. The molecule has 1 amide bonds. The molecule has 0 aromatic heterocycles. The molecule has 1 aliphatic heterocycles. The van der Waals surface area contributed by atoms with E-state index < -0.39 is 5.97 Å². The van der Waals surface area contributed by atoms with Gasteiger partial charge in [-0.2, -0.15) is 0 Å². The Labute approximate surface area is 160 Å². The molecule has 5 nitrogen and oxygen atoms in total. The first-order chi connectivity index (χ1) is 13.0. The van der Waals surface area contributed by atoms with Crippen LogP contribution in [0.3, 0.4) is 0 Å². The number of carboxylic acid groups (broad SMARTS) is 1. The molecule has 0 radical (unpaired) electrons. The van der Waals surface area contributed by atoms with E-state index in [9.17, 15) is 9.59 Å². The number of carboxylic acids is 1. The van der Waals surface area contributed by atoms with Gasteiger partial charge in [0.1, 0.15) is 0 Å². The number of nitrogens with one attached hydrogen (secondary N) is 1. The van der Waals surface area contributed by atoms with E-state index in [2.05, 4.69) is 18.3 Å². The van der Waals surface area contributed by atoms with Crippen LogP contribution in [0.1, 0.15) is 50.3 Å². The average Bonchev–Trinajstić information content (AvgIpc) is 2.67. The van der Waals surface area contributed by atoms with E-state index in [1.54, 1.807) is 0 Å². The third-order valence-corrected chi connectivity index (χ3v) is 5.08. The second-order valence-electron chi connectivity index (χ2n) is 7.05. The average molecular weight is 366 g/mol. The van der Waals surface area contributed by atoms with E-state index in [1.165, 1.54) is 0 Å². The number of benzene rings is 2. The van der Waals surface area contributed by atoms with Crippen LogP contribution in [-0.4, -0.2) is 23.0 Å². The maximum atomic E-state index is 12.4. The summed E-state index contributed by atoms with van der Waals surface area (Å²) in [5, 5.41) is 12.4. The molecule has 1 aliphatic rings. The van der Waals surface area contributed by atoms with Crippen LogP contribution in [-0.2, 0) is 16.0 Å². The molecular formula is C22H26N2O3. The fraction of sp³-hybridized carbons (Fsp3) is 0.364. The molecule has 0 bridgehead atoms. The molecule has 0 saturated heterocycles. The van der Waals surface area contributed by atoms with Crippen LogP contribution in [0.2, 0.25) is 0 Å². The maximum Gasteiger partial charge on any atom is 0.303 e. The number of hydrogen-bond acceptors (Lipinski definition) is 3. The van der Waals surface area contributed by atoms with Crippen LogP contribution in [0.5, 0.6) is 0 Å². The number of carbonyl (C=O) groups is 2. The number of rotatable bonds is 6. The lowest BCUT2D eigenvalue weighted by atomic mass is 9.91. The molecular weight excluding hydrogens is 340 g/mol. The minimum absolute atomic E-state index is 0.125. The molecule has 2 aromatic rings. The summed E-state index contributed by atoms with van der Waals surface area (Å²) in [6.07, 6.45) is 2.01. The summed E-state index contributed by atoms with van der Waals surface area (Å²) in [5.41, 5.74) is 4.13. The molecule has 1 heterocycles. The Morgan fingerprint density at radius 2 is 1.85 bits per heavy atom. The lowest BCUT2D eigenvalue weighted by Gasteiger charge is -2.40. The molecule has 5 heteroatoms. The number of fused-ring (bicyclic) bond motifs is 1. The van der Waals surface area contributed by atoms with Gasteiger partial charge >= 0.3 is 5.97 Å². The first kappa shape index (κ1) is 19.0. The predicted molar refractivity (Wildman–Crippen MR) is 107 cm³/mol. The quantitative estimate of drug-likeness (QED) is 0.795. The van der Waals surface area contributed by atoms with Gasteiger partial charge in [0.2, 0.25) is 5.91 Å².